The quantitative estimate of drug-likeness (QED) is 0.756. The van der Waals surface area contributed by atoms with Crippen LogP contribution in [0.2, 0.25) is 0 Å². The van der Waals surface area contributed by atoms with Crippen molar-refractivity contribution in [2.75, 3.05) is 19.8 Å². The van der Waals surface area contributed by atoms with Crippen molar-refractivity contribution in [3.63, 3.8) is 0 Å². The maximum atomic E-state index is 13.9. The fraction of sp³-hybridized carbons (Fsp3) is 0.474. The number of aromatic nitrogens is 2. The molecule has 1 unspecified atom stereocenters. The van der Waals surface area contributed by atoms with E-state index in [-0.39, 0.29) is 5.82 Å². The van der Waals surface area contributed by atoms with Gasteiger partial charge in [0.1, 0.15) is 5.82 Å². The number of nitrogens with zero attached hydrogens (tertiary/aromatic N) is 3. The van der Waals surface area contributed by atoms with Gasteiger partial charge in [-0.15, -0.1) is 0 Å². The van der Waals surface area contributed by atoms with E-state index < -0.39 is 12.1 Å². The lowest BCUT2D eigenvalue weighted by Gasteiger charge is -2.24. The Hall–Kier alpha value is -2.46. The molecular formula is C19H23F4N3O3. The predicted octanol–water partition coefficient (Wildman–Crippen LogP) is 3.32. The largest absolute Gasteiger partial charge is 0.490 e. The van der Waals surface area contributed by atoms with Crippen molar-refractivity contribution in [2.45, 2.75) is 32.7 Å². The summed E-state index contributed by atoms with van der Waals surface area (Å²) in [6.07, 6.45) is -1.31. The van der Waals surface area contributed by atoms with Gasteiger partial charge in [-0.2, -0.15) is 13.2 Å². The number of benzene rings is 1. The molecule has 1 aromatic heterocycles. The zero-order valence-corrected chi connectivity index (χ0v) is 15.9. The molecule has 0 amide bonds. The Morgan fingerprint density at radius 2 is 2.00 bits per heavy atom. The second-order valence-electron chi connectivity index (χ2n) is 6.63. The second-order valence-corrected chi connectivity index (χ2v) is 6.63. The van der Waals surface area contributed by atoms with E-state index >= 15 is 0 Å². The smallest absolute Gasteiger partial charge is 0.475 e. The molecule has 6 nitrogen and oxygen atoms in total. The summed E-state index contributed by atoms with van der Waals surface area (Å²) in [5, 5.41) is 7.12. The lowest BCUT2D eigenvalue weighted by atomic mass is 10.1. The predicted molar refractivity (Wildman–Crippen MR) is 96.4 cm³/mol. The van der Waals surface area contributed by atoms with Gasteiger partial charge in [0.2, 0.25) is 0 Å². The van der Waals surface area contributed by atoms with E-state index in [0.29, 0.717) is 12.5 Å². The van der Waals surface area contributed by atoms with Crippen LogP contribution in [0.25, 0.3) is 0 Å². The van der Waals surface area contributed by atoms with E-state index in [2.05, 4.69) is 14.5 Å². The van der Waals surface area contributed by atoms with Gasteiger partial charge in [-0.05, 0) is 13.0 Å². The van der Waals surface area contributed by atoms with Gasteiger partial charge < -0.3 is 14.4 Å². The van der Waals surface area contributed by atoms with Crippen LogP contribution in [0, 0.1) is 11.7 Å². The number of alkyl halides is 3. The van der Waals surface area contributed by atoms with Crippen molar-refractivity contribution >= 4 is 5.97 Å². The molecule has 0 radical (unpaired) electrons. The molecule has 0 saturated heterocycles. The number of carboxylic acid groups (broad SMARTS) is 1. The lowest BCUT2D eigenvalue weighted by molar-refractivity contribution is -0.192. The average Bonchev–Trinajstić information content (AvgIpc) is 3.01. The van der Waals surface area contributed by atoms with Crippen molar-refractivity contribution in [3.05, 3.63) is 53.9 Å². The molecule has 2 heterocycles. The maximum Gasteiger partial charge on any atom is 0.490 e. The van der Waals surface area contributed by atoms with Gasteiger partial charge >= 0.3 is 12.1 Å². The highest BCUT2D eigenvalue weighted by atomic mass is 19.4. The van der Waals surface area contributed by atoms with Crippen LogP contribution in [0.15, 0.2) is 36.8 Å². The van der Waals surface area contributed by atoms with Gasteiger partial charge in [-0.1, -0.05) is 18.2 Å². The first-order valence-corrected chi connectivity index (χ1v) is 9.03. The van der Waals surface area contributed by atoms with E-state index in [1.165, 1.54) is 11.8 Å². The molecule has 1 aliphatic heterocycles. The fourth-order valence-electron chi connectivity index (χ4n) is 3.02. The minimum atomic E-state index is -5.08. The monoisotopic (exact) mass is 417 g/mol. The average molecular weight is 417 g/mol. The number of fused-ring (bicyclic) bond motifs is 1. The Morgan fingerprint density at radius 1 is 1.31 bits per heavy atom. The van der Waals surface area contributed by atoms with Crippen LogP contribution in [0.1, 0.15) is 18.2 Å². The minimum Gasteiger partial charge on any atom is -0.475 e. The van der Waals surface area contributed by atoms with Crippen molar-refractivity contribution in [2.24, 2.45) is 5.92 Å². The summed E-state index contributed by atoms with van der Waals surface area (Å²) in [4.78, 5) is 15.4. The lowest BCUT2D eigenvalue weighted by Crippen LogP contribution is -2.30. The molecule has 2 aromatic rings. The Bertz CT molecular complexity index is 795. The highest BCUT2D eigenvalue weighted by Gasteiger charge is 2.38. The van der Waals surface area contributed by atoms with Crippen LogP contribution >= 0.6 is 0 Å². The van der Waals surface area contributed by atoms with Gasteiger partial charge in [0, 0.05) is 50.5 Å². The van der Waals surface area contributed by atoms with Crippen molar-refractivity contribution < 1.29 is 32.2 Å². The Morgan fingerprint density at radius 3 is 2.62 bits per heavy atom. The van der Waals surface area contributed by atoms with Crippen molar-refractivity contribution in [1.29, 1.82) is 0 Å². The first kappa shape index (κ1) is 22.8. The third-order valence-corrected chi connectivity index (χ3v) is 4.31. The van der Waals surface area contributed by atoms with Gasteiger partial charge in [0.25, 0.3) is 0 Å². The Balaban J connectivity index is 0.000000370. The number of ether oxygens (including phenoxy) is 1. The highest BCUT2D eigenvalue weighted by Crippen LogP contribution is 2.20. The summed E-state index contributed by atoms with van der Waals surface area (Å²) in [5.41, 5.74) is 1.92. The van der Waals surface area contributed by atoms with Gasteiger partial charge in [0.15, 0.2) is 0 Å². The molecule has 1 atom stereocenters. The first-order chi connectivity index (χ1) is 13.7. The van der Waals surface area contributed by atoms with Gasteiger partial charge in [-0.3, -0.25) is 4.90 Å². The molecule has 0 fully saturated rings. The van der Waals surface area contributed by atoms with E-state index in [1.54, 1.807) is 6.07 Å². The number of hydrogen-bond acceptors (Lipinski definition) is 4. The minimum absolute atomic E-state index is 0.137. The topological polar surface area (TPSA) is 67.6 Å². The Labute approximate surface area is 165 Å². The normalized spacial score (nSPS) is 17.1. The number of imidazole rings is 1. The molecule has 160 valence electrons. The molecule has 1 N–H and O–H groups in total. The van der Waals surface area contributed by atoms with Crippen molar-refractivity contribution in [3.8, 4) is 0 Å². The number of halogens is 4. The number of aliphatic carboxylic acids is 1. The molecule has 0 saturated carbocycles. The SMILES string of the molecule is CCOCC1CN(Cc2ccccc2F)Cc2cncn2C1.O=C(O)C(F)(F)F. The molecule has 0 spiro atoms. The Kier molecular flexibility index (Phi) is 8.15. The van der Waals surface area contributed by atoms with E-state index in [9.17, 15) is 17.6 Å². The number of carbonyl (C=O) groups is 1. The third-order valence-electron chi connectivity index (χ3n) is 4.31. The van der Waals surface area contributed by atoms with Crippen LogP contribution < -0.4 is 0 Å². The molecule has 3 rings (SSSR count). The molecule has 1 aliphatic rings. The number of hydrogen-bond donors (Lipinski definition) is 1. The van der Waals surface area contributed by atoms with Crippen LogP contribution in [0.3, 0.4) is 0 Å². The maximum absolute atomic E-state index is 13.9. The van der Waals surface area contributed by atoms with Crippen LogP contribution in [0.5, 0.6) is 0 Å². The zero-order chi connectivity index (χ0) is 21.4. The molecule has 10 heteroatoms. The van der Waals surface area contributed by atoms with E-state index in [4.69, 9.17) is 14.6 Å². The summed E-state index contributed by atoms with van der Waals surface area (Å²) in [5.74, 6) is -2.50. The van der Waals surface area contributed by atoms with E-state index in [1.807, 2.05) is 31.6 Å². The second kappa shape index (κ2) is 10.4. The van der Waals surface area contributed by atoms with Gasteiger partial charge in [-0.25, -0.2) is 14.2 Å². The first-order valence-electron chi connectivity index (χ1n) is 9.03. The van der Waals surface area contributed by atoms with Crippen LogP contribution in [-0.4, -0.2) is 51.5 Å². The number of rotatable bonds is 5. The molecule has 0 bridgehead atoms. The molecule has 29 heavy (non-hydrogen) atoms. The molecule has 1 aromatic carbocycles. The van der Waals surface area contributed by atoms with E-state index in [0.717, 1.165) is 38.4 Å². The summed E-state index contributed by atoms with van der Waals surface area (Å²) >= 11 is 0. The summed E-state index contributed by atoms with van der Waals surface area (Å²) in [7, 11) is 0. The molecule has 0 aliphatic carbocycles. The van der Waals surface area contributed by atoms with Gasteiger partial charge in [0.05, 0.1) is 18.6 Å². The van der Waals surface area contributed by atoms with Crippen LogP contribution in [0.4, 0.5) is 17.6 Å². The summed E-state index contributed by atoms with van der Waals surface area (Å²) < 4.78 is 53.4. The molecular weight excluding hydrogens is 394 g/mol. The van der Waals surface area contributed by atoms with Crippen LogP contribution in [-0.2, 0) is 29.2 Å². The zero-order valence-electron chi connectivity index (χ0n) is 15.9. The third kappa shape index (κ3) is 7.13. The highest BCUT2D eigenvalue weighted by molar-refractivity contribution is 5.73. The number of carboxylic acids is 1. The summed E-state index contributed by atoms with van der Waals surface area (Å²) in [6, 6.07) is 7.00. The standard InChI is InChI=1S/C17H22FN3O.C2HF3O2/c1-2-22-12-14-8-20(10-15-5-3-4-6-17(15)18)11-16-7-19-13-21(16)9-14;3-2(4,5)1(6)7/h3-7,13-14H,2,8-12H2,1H3;(H,6,7). The van der Waals surface area contributed by atoms with Crippen molar-refractivity contribution in [1.82, 2.24) is 14.5 Å². The fourth-order valence-corrected chi connectivity index (χ4v) is 3.02. The summed E-state index contributed by atoms with van der Waals surface area (Å²) in [6.45, 7) is 6.66.